The molecule has 39 heavy (non-hydrogen) atoms. The summed E-state index contributed by atoms with van der Waals surface area (Å²) in [6, 6.07) is 4.50. The number of imidazole rings is 1. The molecule has 1 aliphatic carbocycles. The molecule has 2 fully saturated rings. The number of benzene rings is 1. The van der Waals surface area contributed by atoms with Gasteiger partial charge in [0, 0.05) is 32.0 Å². The van der Waals surface area contributed by atoms with E-state index in [-0.39, 0.29) is 52.4 Å². The summed E-state index contributed by atoms with van der Waals surface area (Å²) in [5.41, 5.74) is 5.36. The van der Waals surface area contributed by atoms with Gasteiger partial charge in [0.1, 0.15) is 0 Å². The third-order valence-electron chi connectivity index (χ3n) is 6.99. The lowest BCUT2D eigenvalue weighted by Crippen LogP contribution is -2.42. The SMILES string of the molecule is Cl.Cn1c(-c2cn(C3CC3)nc2C(F)(F)F)cnc1C(=O)Nc1ccc(C(=O)N2CCCC(CN)C2)c(Cl)c1. The third kappa shape index (κ3) is 5.92. The van der Waals surface area contributed by atoms with Crippen molar-refractivity contribution in [3.63, 3.8) is 0 Å². The normalized spacial score (nSPS) is 17.6. The van der Waals surface area contributed by atoms with Gasteiger partial charge in [-0.1, -0.05) is 11.6 Å². The van der Waals surface area contributed by atoms with Crippen molar-refractivity contribution in [1.82, 2.24) is 24.2 Å². The van der Waals surface area contributed by atoms with Crippen LogP contribution in [0.5, 0.6) is 0 Å². The summed E-state index contributed by atoms with van der Waals surface area (Å²) in [7, 11) is 1.47. The molecule has 1 saturated carbocycles. The largest absolute Gasteiger partial charge is 0.435 e. The third-order valence-corrected chi connectivity index (χ3v) is 7.30. The number of hydrogen-bond donors (Lipinski definition) is 2. The van der Waals surface area contributed by atoms with Crippen molar-refractivity contribution in [2.45, 2.75) is 37.9 Å². The van der Waals surface area contributed by atoms with Gasteiger partial charge in [-0.15, -0.1) is 12.4 Å². The van der Waals surface area contributed by atoms with Crippen LogP contribution in [-0.4, -0.2) is 55.7 Å². The molecule has 1 aromatic carbocycles. The van der Waals surface area contributed by atoms with E-state index in [1.807, 2.05) is 0 Å². The summed E-state index contributed by atoms with van der Waals surface area (Å²) in [4.78, 5) is 31.7. The molecule has 1 aliphatic heterocycles. The van der Waals surface area contributed by atoms with Crippen LogP contribution in [0.25, 0.3) is 11.3 Å². The highest BCUT2D eigenvalue weighted by molar-refractivity contribution is 6.34. The number of anilines is 1. The van der Waals surface area contributed by atoms with Crippen LogP contribution < -0.4 is 11.1 Å². The lowest BCUT2D eigenvalue weighted by Gasteiger charge is -2.32. The fourth-order valence-electron chi connectivity index (χ4n) is 4.75. The smallest absolute Gasteiger partial charge is 0.338 e. The number of likely N-dealkylation sites (tertiary alicyclic amines) is 1. The lowest BCUT2D eigenvalue weighted by atomic mass is 9.97. The van der Waals surface area contributed by atoms with Gasteiger partial charge in [0.15, 0.2) is 11.5 Å². The fourth-order valence-corrected chi connectivity index (χ4v) is 5.01. The van der Waals surface area contributed by atoms with Crippen LogP contribution in [0.15, 0.2) is 30.6 Å². The molecule has 1 unspecified atom stereocenters. The minimum absolute atomic E-state index is 0. The first-order valence-corrected chi connectivity index (χ1v) is 12.7. The maximum absolute atomic E-state index is 13.7. The zero-order chi connectivity index (χ0) is 27.2. The standard InChI is InChI=1S/C25H27ClF3N7O2.ClH/c1-34-20(18-13-36(16-5-6-16)33-21(18)25(27,28)29)11-31-22(34)23(37)32-15-4-7-17(19(26)9-15)24(38)35-8-2-3-14(10-30)12-35;/h4,7,9,11,13-14,16H,2-3,5-6,8,10,12,30H2,1H3,(H,32,37);1H. The quantitative estimate of drug-likeness (QED) is 0.432. The second kappa shape index (κ2) is 11.2. The molecule has 3 aromatic rings. The van der Waals surface area contributed by atoms with Crippen LogP contribution in [0, 0.1) is 5.92 Å². The van der Waals surface area contributed by atoms with Crippen molar-refractivity contribution in [3.8, 4) is 11.3 Å². The topological polar surface area (TPSA) is 111 Å². The van der Waals surface area contributed by atoms with Crippen molar-refractivity contribution in [2.75, 3.05) is 25.0 Å². The predicted molar refractivity (Wildman–Crippen MR) is 142 cm³/mol. The minimum atomic E-state index is -4.66. The van der Waals surface area contributed by atoms with Gasteiger partial charge in [0.25, 0.3) is 11.8 Å². The van der Waals surface area contributed by atoms with Gasteiger partial charge in [0.2, 0.25) is 0 Å². The minimum Gasteiger partial charge on any atom is -0.338 e. The summed E-state index contributed by atoms with van der Waals surface area (Å²) < 4.78 is 43.6. The van der Waals surface area contributed by atoms with Crippen LogP contribution in [0.2, 0.25) is 5.02 Å². The molecule has 5 rings (SSSR count). The van der Waals surface area contributed by atoms with Crippen LogP contribution >= 0.6 is 24.0 Å². The number of halogens is 5. The van der Waals surface area contributed by atoms with Gasteiger partial charge < -0.3 is 20.5 Å². The van der Waals surface area contributed by atoms with Gasteiger partial charge in [-0.05, 0) is 56.3 Å². The van der Waals surface area contributed by atoms with Crippen molar-refractivity contribution >= 4 is 41.5 Å². The van der Waals surface area contributed by atoms with Crippen LogP contribution in [0.3, 0.4) is 0 Å². The van der Waals surface area contributed by atoms with Crippen molar-refractivity contribution < 1.29 is 22.8 Å². The van der Waals surface area contributed by atoms with Crippen molar-refractivity contribution in [2.24, 2.45) is 18.7 Å². The fraction of sp³-hybridized carbons (Fsp3) is 0.440. The summed E-state index contributed by atoms with van der Waals surface area (Å²) in [6.07, 6.45) is 1.32. The molecule has 2 amide bonds. The maximum atomic E-state index is 13.7. The molecule has 1 saturated heterocycles. The monoisotopic (exact) mass is 585 g/mol. The Morgan fingerprint density at radius 1 is 1.23 bits per heavy atom. The zero-order valence-electron chi connectivity index (χ0n) is 21.0. The first-order valence-electron chi connectivity index (χ1n) is 12.4. The number of piperidine rings is 1. The summed E-state index contributed by atoms with van der Waals surface area (Å²) in [6.45, 7) is 1.71. The number of nitrogens with one attached hydrogen (secondary N) is 1. The summed E-state index contributed by atoms with van der Waals surface area (Å²) in [5, 5.41) is 6.58. The van der Waals surface area contributed by atoms with E-state index < -0.39 is 17.8 Å². The van der Waals surface area contributed by atoms with Crippen LogP contribution in [0.4, 0.5) is 18.9 Å². The number of amides is 2. The number of carbonyl (C=O) groups is 2. The highest BCUT2D eigenvalue weighted by Gasteiger charge is 2.40. The Morgan fingerprint density at radius 2 is 1.97 bits per heavy atom. The van der Waals surface area contributed by atoms with Crippen molar-refractivity contribution in [3.05, 3.63) is 52.7 Å². The Bertz CT molecular complexity index is 1380. The Balaban J connectivity index is 0.00000353. The second-order valence-corrected chi connectivity index (χ2v) is 10.2. The summed E-state index contributed by atoms with van der Waals surface area (Å²) in [5.74, 6) is -0.682. The molecule has 210 valence electrons. The number of hydrogen-bond acceptors (Lipinski definition) is 5. The van der Waals surface area contributed by atoms with Crippen LogP contribution in [0.1, 0.15) is 58.4 Å². The van der Waals surface area contributed by atoms with Gasteiger partial charge in [-0.2, -0.15) is 18.3 Å². The van der Waals surface area contributed by atoms with Crippen LogP contribution in [-0.2, 0) is 13.2 Å². The predicted octanol–water partition coefficient (Wildman–Crippen LogP) is 4.78. The average molecular weight is 586 g/mol. The number of aromatic nitrogens is 4. The van der Waals surface area contributed by atoms with E-state index >= 15 is 0 Å². The number of nitrogens with zero attached hydrogens (tertiary/aromatic N) is 5. The lowest BCUT2D eigenvalue weighted by molar-refractivity contribution is -0.141. The van der Waals surface area contributed by atoms with E-state index in [9.17, 15) is 22.8 Å². The Kier molecular flexibility index (Phi) is 8.29. The Morgan fingerprint density at radius 3 is 2.62 bits per heavy atom. The highest BCUT2D eigenvalue weighted by Crippen LogP contribution is 2.41. The van der Waals surface area contributed by atoms with E-state index in [4.69, 9.17) is 17.3 Å². The molecule has 9 nitrogen and oxygen atoms in total. The number of alkyl halides is 3. The van der Waals surface area contributed by atoms with E-state index in [1.54, 1.807) is 11.0 Å². The van der Waals surface area contributed by atoms with Crippen molar-refractivity contribution in [1.29, 1.82) is 0 Å². The first-order chi connectivity index (χ1) is 18.1. The maximum Gasteiger partial charge on any atom is 0.435 e. The van der Waals surface area contributed by atoms with E-state index in [0.29, 0.717) is 30.9 Å². The molecule has 2 aliphatic rings. The Hall–Kier alpha value is -3.09. The van der Waals surface area contributed by atoms with Gasteiger partial charge >= 0.3 is 6.18 Å². The molecule has 3 heterocycles. The molecule has 1 atom stereocenters. The molecule has 2 aromatic heterocycles. The molecule has 14 heteroatoms. The molecule has 0 radical (unpaired) electrons. The summed E-state index contributed by atoms with van der Waals surface area (Å²) >= 11 is 6.39. The van der Waals surface area contributed by atoms with Gasteiger partial charge in [0.05, 0.1) is 34.1 Å². The Labute approximate surface area is 233 Å². The molecule has 0 bridgehead atoms. The number of rotatable bonds is 6. The molecule has 3 N–H and O–H groups in total. The highest BCUT2D eigenvalue weighted by atomic mass is 35.5. The zero-order valence-corrected chi connectivity index (χ0v) is 22.6. The number of nitrogens with two attached hydrogens (primary N) is 1. The van der Waals surface area contributed by atoms with E-state index in [2.05, 4.69) is 15.4 Å². The van der Waals surface area contributed by atoms with Gasteiger partial charge in [-0.25, -0.2) is 4.98 Å². The average Bonchev–Trinajstić information content (AvgIpc) is 3.51. The van der Waals surface area contributed by atoms with E-state index in [1.165, 1.54) is 40.8 Å². The molecule has 0 spiro atoms. The molecular weight excluding hydrogens is 558 g/mol. The van der Waals surface area contributed by atoms with E-state index in [0.717, 1.165) is 25.7 Å². The molecular formula is C25H28Cl2F3N7O2. The second-order valence-electron chi connectivity index (χ2n) is 9.77. The number of carbonyl (C=O) groups excluding carboxylic acids is 2. The van der Waals surface area contributed by atoms with Gasteiger partial charge in [-0.3, -0.25) is 14.3 Å². The first kappa shape index (κ1) is 28.9.